The average molecular weight is 436 g/mol. The van der Waals surface area contributed by atoms with E-state index < -0.39 is 16.9 Å². The van der Waals surface area contributed by atoms with Gasteiger partial charge in [0.15, 0.2) is 11.5 Å². The Morgan fingerprint density at radius 3 is 2.00 bits per heavy atom. The van der Waals surface area contributed by atoms with Gasteiger partial charge in [0.1, 0.15) is 12.1 Å². The van der Waals surface area contributed by atoms with Gasteiger partial charge in [0, 0.05) is 7.05 Å². The van der Waals surface area contributed by atoms with Crippen molar-refractivity contribution >= 4 is 22.9 Å². The van der Waals surface area contributed by atoms with E-state index in [1.807, 2.05) is 37.3 Å². The van der Waals surface area contributed by atoms with E-state index in [9.17, 15) is 9.59 Å². The zero-order chi connectivity index (χ0) is 22.3. The average Bonchev–Trinajstić information content (AvgIpc) is 2.78. The van der Waals surface area contributed by atoms with E-state index in [2.05, 4.69) is 0 Å². The number of halogens is 1. The molecule has 0 unspecified atom stereocenters. The molecule has 1 atom stereocenters. The smallest absolute Gasteiger partial charge is 0.338 e. The van der Waals surface area contributed by atoms with Crippen LogP contribution < -0.4 is 14.2 Å². The van der Waals surface area contributed by atoms with Crippen LogP contribution in [0.25, 0.3) is 0 Å². The Morgan fingerprint density at radius 1 is 1.00 bits per heavy atom. The summed E-state index contributed by atoms with van der Waals surface area (Å²) in [6.45, 7) is 1.81. The van der Waals surface area contributed by atoms with E-state index in [0.29, 0.717) is 23.7 Å². The van der Waals surface area contributed by atoms with E-state index in [1.165, 1.54) is 38.4 Å². The zero-order valence-electron chi connectivity index (χ0n) is 17.7. The van der Waals surface area contributed by atoms with Crippen LogP contribution in [0.3, 0.4) is 0 Å². The highest BCUT2D eigenvalue weighted by Gasteiger charge is 2.39. The van der Waals surface area contributed by atoms with Crippen molar-refractivity contribution in [3.63, 3.8) is 0 Å². The first-order chi connectivity index (χ1) is 14.3. The molecule has 0 saturated heterocycles. The normalized spacial score (nSPS) is 12.5. The fourth-order valence-corrected chi connectivity index (χ4v) is 3.46. The van der Waals surface area contributed by atoms with Crippen LogP contribution >= 0.6 is 11.6 Å². The quantitative estimate of drug-likeness (QED) is 0.329. The van der Waals surface area contributed by atoms with Crippen molar-refractivity contribution in [3.05, 3.63) is 53.6 Å². The summed E-state index contributed by atoms with van der Waals surface area (Å²) in [5, 5.41) is -0.649. The molecule has 0 aliphatic heterocycles. The van der Waals surface area contributed by atoms with Gasteiger partial charge in [-0.3, -0.25) is 4.79 Å². The van der Waals surface area contributed by atoms with Crippen LogP contribution in [0, 0.1) is 0 Å². The van der Waals surface area contributed by atoms with E-state index in [-0.39, 0.29) is 12.2 Å². The van der Waals surface area contributed by atoms with Crippen molar-refractivity contribution in [1.82, 2.24) is 4.90 Å². The van der Waals surface area contributed by atoms with E-state index in [4.69, 9.17) is 30.5 Å². The number of esters is 1. The van der Waals surface area contributed by atoms with Crippen molar-refractivity contribution in [3.8, 4) is 17.2 Å². The largest absolute Gasteiger partial charge is 0.493 e. The Kier molecular flexibility index (Phi) is 7.94. The molecule has 2 aromatic carbocycles. The number of benzene rings is 2. The lowest BCUT2D eigenvalue weighted by molar-refractivity contribution is 0.0177. The molecule has 7 nitrogen and oxygen atoms in total. The summed E-state index contributed by atoms with van der Waals surface area (Å²) in [6.07, 6.45) is 0.481. The first-order valence-electron chi connectivity index (χ1n) is 9.30. The monoisotopic (exact) mass is 435 g/mol. The van der Waals surface area contributed by atoms with Crippen LogP contribution in [0.1, 0.15) is 29.3 Å². The third-order valence-electron chi connectivity index (χ3n) is 5.14. The number of carbonyl (C=O) groups is 2. The topological polar surface area (TPSA) is 74.3 Å². The van der Waals surface area contributed by atoms with Crippen LogP contribution in [0.2, 0.25) is 0 Å². The van der Waals surface area contributed by atoms with Gasteiger partial charge in [-0.05, 0) is 35.7 Å². The fourth-order valence-electron chi connectivity index (χ4n) is 3.30. The number of nitrogens with zero attached hydrogens (tertiary/aromatic N) is 1. The molecule has 0 aliphatic rings. The van der Waals surface area contributed by atoms with Gasteiger partial charge in [0.05, 0.1) is 26.9 Å². The number of rotatable bonds is 9. The lowest BCUT2D eigenvalue weighted by atomic mass is 9.86. The van der Waals surface area contributed by atoms with Crippen LogP contribution in [-0.4, -0.2) is 51.2 Å². The summed E-state index contributed by atoms with van der Waals surface area (Å²) in [5.74, 6) is 0.443. The molecular weight excluding hydrogens is 410 g/mol. The Labute approximate surface area is 181 Å². The molecule has 0 heterocycles. The third-order valence-corrected chi connectivity index (χ3v) is 5.40. The van der Waals surface area contributed by atoms with Crippen LogP contribution in [0.4, 0.5) is 4.79 Å². The van der Waals surface area contributed by atoms with Crippen LogP contribution in [0.15, 0.2) is 42.5 Å². The van der Waals surface area contributed by atoms with Gasteiger partial charge in [0.25, 0.3) is 0 Å². The number of hydrogen-bond donors (Lipinski definition) is 0. The summed E-state index contributed by atoms with van der Waals surface area (Å²) in [5.41, 5.74) is 0.111. The maximum atomic E-state index is 12.9. The second-order valence-corrected chi connectivity index (χ2v) is 6.88. The molecule has 0 spiro atoms. The van der Waals surface area contributed by atoms with Gasteiger partial charge in [-0.1, -0.05) is 37.3 Å². The second kappa shape index (κ2) is 10.2. The van der Waals surface area contributed by atoms with Gasteiger partial charge in [-0.15, -0.1) is 0 Å². The molecule has 0 aromatic heterocycles. The van der Waals surface area contributed by atoms with Crippen molar-refractivity contribution in [2.75, 3.05) is 35.0 Å². The summed E-state index contributed by atoms with van der Waals surface area (Å²) in [4.78, 5) is 26.2. The molecule has 0 radical (unpaired) electrons. The number of amides is 1. The Hall–Kier alpha value is -2.93. The maximum Gasteiger partial charge on any atom is 0.338 e. The molecular formula is C22H26ClNO6. The highest BCUT2D eigenvalue weighted by atomic mass is 35.5. The summed E-state index contributed by atoms with van der Waals surface area (Å²) < 4.78 is 21.5. The van der Waals surface area contributed by atoms with Gasteiger partial charge in [-0.25, -0.2) is 4.79 Å². The number of carbonyl (C=O) groups excluding carboxylic acids is 2. The number of methoxy groups -OCH3 is 3. The van der Waals surface area contributed by atoms with Crippen molar-refractivity contribution < 1.29 is 28.5 Å². The minimum atomic E-state index is -0.920. The number of hydrogen-bond acceptors (Lipinski definition) is 6. The third kappa shape index (κ3) is 4.62. The molecule has 30 heavy (non-hydrogen) atoms. The molecule has 1 amide bonds. The van der Waals surface area contributed by atoms with Crippen LogP contribution in [-0.2, 0) is 10.3 Å². The molecule has 0 bridgehead atoms. The Morgan fingerprint density at radius 2 is 1.57 bits per heavy atom. The molecule has 2 rings (SSSR count). The van der Waals surface area contributed by atoms with Gasteiger partial charge in [0.2, 0.25) is 5.75 Å². The highest BCUT2D eigenvalue weighted by Crippen LogP contribution is 2.39. The molecule has 8 heteroatoms. The predicted octanol–water partition coefficient (Wildman–Crippen LogP) is 4.47. The number of ether oxygens (including phenoxy) is 4. The minimum absolute atomic E-state index is 0.0854. The first kappa shape index (κ1) is 23.3. The molecule has 0 N–H and O–H groups in total. The first-order valence-corrected chi connectivity index (χ1v) is 9.68. The van der Waals surface area contributed by atoms with Crippen molar-refractivity contribution in [2.45, 2.75) is 18.9 Å². The van der Waals surface area contributed by atoms with Crippen LogP contribution in [0.5, 0.6) is 17.2 Å². The maximum absolute atomic E-state index is 12.9. The highest BCUT2D eigenvalue weighted by molar-refractivity contribution is 6.62. The second-order valence-electron chi connectivity index (χ2n) is 6.55. The van der Waals surface area contributed by atoms with Crippen molar-refractivity contribution in [1.29, 1.82) is 0 Å². The lowest BCUT2D eigenvalue weighted by Gasteiger charge is -2.40. The lowest BCUT2D eigenvalue weighted by Crippen LogP contribution is -2.48. The minimum Gasteiger partial charge on any atom is -0.493 e. The van der Waals surface area contributed by atoms with Gasteiger partial charge < -0.3 is 23.8 Å². The van der Waals surface area contributed by atoms with Crippen molar-refractivity contribution in [2.24, 2.45) is 0 Å². The number of likely N-dealkylation sites (N-methyl/N-ethyl adjacent to an activating group) is 1. The molecule has 0 saturated carbocycles. The van der Waals surface area contributed by atoms with E-state index >= 15 is 0 Å². The van der Waals surface area contributed by atoms with Gasteiger partial charge in [-0.2, -0.15) is 0 Å². The van der Waals surface area contributed by atoms with E-state index in [0.717, 1.165) is 5.56 Å². The van der Waals surface area contributed by atoms with E-state index in [1.54, 1.807) is 7.05 Å². The Bertz CT molecular complexity index is 863. The molecule has 0 fully saturated rings. The molecule has 2 aromatic rings. The standard InChI is InChI=1S/C22H26ClNO6/c1-6-22(24(2)21(23)26,16-10-8-7-9-11-16)14-30-20(25)15-12-17(27-3)19(29-5)18(13-15)28-4/h7-13H,6,14H2,1-5H3/t22-/m1/s1. The SMILES string of the molecule is CC[C@@](COC(=O)c1cc(OC)c(OC)c(OC)c1)(c1ccccc1)N(C)C(=O)Cl. The summed E-state index contributed by atoms with van der Waals surface area (Å²) >= 11 is 5.79. The summed E-state index contributed by atoms with van der Waals surface area (Å²) in [7, 11) is 5.99. The molecule has 0 aliphatic carbocycles. The molecule has 162 valence electrons. The Balaban J connectivity index is 2.38. The summed E-state index contributed by atoms with van der Waals surface area (Å²) in [6, 6.07) is 12.3. The zero-order valence-corrected chi connectivity index (χ0v) is 18.5. The predicted molar refractivity (Wildman–Crippen MR) is 114 cm³/mol. The van der Waals surface area contributed by atoms with Gasteiger partial charge >= 0.3 is 11.3 Å². The fraction of sp³-hybridized carbons (Fsp3) is 0.364.